The molecule has 1 unspecified atom stereocenters. The van der Waals surface area contributed by atoms with Gasteiger partial charge in [-0.15, -0.1) is 11.8 Å². The summed E-state index contributed by atoms with van der Waals surface area (Å²) in [5.74, 6) is -4.30. The molecule has 2 aromatic carbocycles. The van der Waals surface area contributed by atoms with Crippen molar-refractivity contribution in [3.8, 4) is 0 Å². The van der Waals surface area contributed by atoms with E-state index in [1.165, 1.54) is 12.1 Å². The Kier molecular flexibility index (Phi) is 3.22. The average Bonchev–Trinajstić information content (AvgIpc) is 2.57. The summed E-state index contributed by atoms with van der Waals surface area (Å²) in [6.07, 6.45) is -1.32. The van der Waals surface area contributed by atoms with Crippen LogP contribution in [-0.4, -0.2) is 5.11 Å². The van der Waals surface area contributed by atoms with Gasteiger partial charge in [0.05, 0.1) is 4.90 Å². The lowest BCUT2D eigenvalue weighted by Crippen LogP contribution is -2.06. The van der Waals surface area contributed by atoms with Crippen molar-refractivity contribution in [1.29, 1.82) is 0 Å². The zero-order valence-corrected chi connectivity index (χ0v) is 10.8. The Bertz CT molecular complexity index is 643. The summed E-state index contributed by atoms with van der Waals surface area (Å²) in [5, 5.41) is 10.2. The summed E-state index contributed by atoms with van der Waals surface area (Å²) in [5.41, 5.74) is 0.290. The first-order chi connectivity index (χ1) is 9.50. The molecule has 1 heterocycles. The molecule has 0 saturated heterocycles. The van der Waals surface area contributed by atoms with E-state index >= 15 is 0 Å². The van der Waals surface area contributed by atoms with Crippen molar-refractivity contribution in [3.63, 3.8) is 0 Å². The van der Waals surface area contributed by atoms with E-state index in [4.69, 9.17) is 0 Å². The number of rotatable bonds is 0. The Labute approximate surface area is 116 Å². The number of aliphatic hydroxyl groups excluding tert-OH is 1. The first-order valence-corrected chi connectivity index (χ1v) is 6.74. The molecule has 0 saturated carbocycles. The minimum Gasteiger partial charge on any atom is -0.384 e. The third-order valence-corrected chi connectivity index (χ3v) is 4.40. The molecule has 0 aliphatic carbocycles. The molecule has 1 aliphatic rings. The van der Waals surface area contributed by atoms with Crippen LogP contribution in [0.4, 0.5) is 17.6 Å². The molecule has 104 valence electrons. The van der Waals surface area contributed by atoms with Gasteiger partial charge in [0, 0.05) is 16.9 Å². The van der Waals surface area contributed by atoms with Crippen LogP contribution in [0.3, 0.4) is 0 Å². The summed E-state index contributed by atoms with van der Waals surface area (Å²) in [6.45, 7) is 0. The average molecular weight is 300 g/mol. The first-order valence-electron chi connectivity index (χ1n) is 5.76. The van der Waals surface area contributed by atoms with Gasteiger partial charge in [0.15, 0.2) is 23.3 Å². The minimum absolute atomic E-state index is 0.0292. The molecule has 6 heteroatoms. The highest BCUT2D eigenvalue weighted by Gasteiger charge is 2.28. The standard InChI is InChI=1S/C14H8F4OS/c15-9-3-1-6-8(11(9)17)5-20-14-7(13(6)19)2-4-10(16)12(14)18/h1-4,13,19H,5H2. The number of benzene rings is 2. The van der Waals surface area contributed by atoms with Crippen molar-refractivity contribution < 1.29 is 22.7 Å². The van der Waals surface area contributed by atoms with Gasteiger partial charge in [0.2, 0.25) is 0 Å². The molecule has 1 aliphatic heterocycles. The lowest BCUT2D eigenvalue weighted by Gasteiger charge is -2.14. The van der Waals surface area contributed by atoms with Crippen molar-refractivity contribution in [1.82, 2.24) is 0 Å². The van der Waals surface area contributed by atoms with Gasteiger partial charge in [-0.25, -0.2) is 17.6 Å². The molecular weight excluding hydrogens is 292 g/mol. The second-order valence-electron chi connectivity index (χ2n) is 4.40. The molecule has 20 heavy (non-hydrogen) atoms. The lowest BCUT2D eigenvalue weighted by atomic mass is 9.97. The third kappa shape index (κ3) is 1.91. The molecule has 0 radical (unpaired) electrons. The molecule has 0 fully saturated rings. The van der Waals surface area contributed by atoms with Gasteiger partial charge >= 0.3 is 0 Å². The Morgan fingerprint density at radius 1 is 0.900 bits per heavy atom. The fraction of sp³-hybridized carbons (Fsp3) is 0.143. The van der Waals surface area contributed by atoms with E-state index in [-0.39, 0.29) is 27.3 Å². The Morgan fingerprint density at radius 3 is 2.20 bits per heavy atom. The normalized spacial score (nSPS) is 17.4. The SMILES string of the molecule is OC1c2ccc(F)c(F)c2CSc2c1ccc(F)c2F. The summed E-state index contributed by atoms with van der Waals surface area (Å²) in [4.78, 5) is -0.0755. The molecular formula is C14H8F4OS. The maximum absolute atomic E-state index is 13.8. The number of hydrogen-bond acceptors (Lipinski definition) is 2. The Hall–Kier alpha value is -1.53. The molecule has 0 bridgehead atoms. The molecule has 2 aromatic rings. The van der Waals surface area contributed by atoms with Crippen molar-refractivity contribution in [2.24, 2.45) is 0 Å². The zero-order valence-electron chi connectivity index (χ0n) is 9.96. The monoisotopic (exact) mass is 300 g/mol. The van der Waals surface area contributed by atoms with Crippen molar-refractivity contribution in [2.75, 3.05) is 0 Å². The number of hydrogen-bond donors (Lipinski definition) is 1. The largest absolute Gasteiger partial charge is 0.384 e. The Morgan fingerprint density at radius 2 is 1.50 bits per heavy atom. The van der Waals surface area contributed by atoms with Crippen LogP contribution in [0.2, 0.25) is 0 Å². The van der Waals surface area contributed by atoms with Crippen molar-refractivity contribution in [3.05, 3.63) is 64.2 Å². The van der Waals surface area contributed by atoms with Gasteiger partial charge in [-0.1, -0.05) is 12.1 Å². The highest BCUT2D eigenvalue weighted by Crippen LogP contribution is 2.42. The van der Waals surface area contributed by atoms with E-state index in [9.17, 15) is 22.7 Å². The second-order valence-corrected chi connectivity index (χ2v) is 5.39. The molecule has 0 spiro atoms. The third-order valence-electron chi connectivity index (χ3n) is 3.26. The summed E-state index contributed by atoms with van der Waals surface area (Å²) in [7, 11) is 0. The molecule has 0 aromatic heterocycles. The minimum atomic E-state index is -1.32. The fourth-order valence-electron chi connectivity index (χ4n) is 2.23. The van der Waals surface area contributed by atoms with Crippen LogP contribution < -0.4 is 0 Å². The van der Waals surface area contributed by atoms with Gasteiger partial charge in [0.1, 0.15) is 6.10 Å². The van der Waals surface area contributed by atoms with E-state index < -0.39 is 29.4 Å². The maximum Gasteiger partial charge on any atom is 0.172 e. The van der Waals surface area contributed by atoms with Crippen molar-refractivity contribution >= 4 is 11.8 Å². The van der Waals surface area contributed by atoms with Gasteiger partial charge in [-0.3, -0.25) is 0 Å². The van der Waals surface area contributed by atoms with E-state index in [1.807, 2.05) is 0 Å². The number of halogens is 4. The van der Waals surface area contributed by atoms with Crippen LogP contribution >= 0.6 is 11.8 Å². The van der Waals surface area contributed by atoms with Gasteiger partial charge in [-0.2, -0.15) is 0 Å². The topological polar surface area (TPSA) is 20.2 Å². The molecule has 3 rings (SSSR count). The van der Waals surface area contributed by atoms with Crippen LogP contribution in [-0.2, 0) is 5.75 Å². The molecule has 1 N–H and O–H groups in total. The van der Waals surface area contributed by atoms with E-state index in [1.54, 1.807) is 0 Å². The van der Waals surface area contributed by atoms with Crippen LogP contribution in [0, 0.1) is 23.3 Å². The lowest BCUT2D eigenvalue weighted by molar-refractivity contribution is 0.214. The van der Waals surface area contributed by atoms with Crippen LogP contribution in [0.15, 0.2) is 29.2 Å². The molecule has 1 atom stereocenters. The smallest absolute Gasteiger partial charge is 0.172 e. The quantitative estimate of drug-likeness (QED) is 0.744. The number of thioether (sulfide) groups is 1. The predicted octanol–water partition coefficient (Wildman–Crippen LogP) is 3.93. The van der Waals surface area contributed by atoms with Crippen LogP contribution in [0.25, 0.3) is 0 Å². The zero-order chi connectivity index (χ0) is 14.4. The number of fused-ring (bicyclic) bond motifs is 2. The first kappa shape index (κ1) is 13.5. The predicted molar refractivity (Wildman–Crippen MR) is 66.3 cm³/mol. The van der Waals surface area contributed by atoms with Gasteiger partial charge in [0.25, 0.3) is 0 Å². The second kappa shape index (κ2) is 4.79. The van der Waals surface area contributed by atoms with Crippen LogP contribution in [0.1, 0.15) is 22.8 Å². The molecule has 0 amide bonds. The Balaban J connectivity index is 2.22. The maximum atomic E-state index is 13.8. The van der Waals surface area contributed by atoms with E-state index in [0.29, 0.717) is 0 Å². The van der Waals surface area contributed by atoms with Gasteiger partial charge in [-0.05, 0) is 17.7 Å². The van der Waals surface area contributed by atoms with Gasteiger partial charge < -0.3 is 5.11 Å². The van der Waals surface area contributed by atoms with E-state index in [2.05, 4.69) is 0 Å². The van der Waals surface area contributed by atoms with Crippen molar-refractivity contribution in [2.45, 2.75) is 16.8 Å². The van der Waals surface area contributed by atoms with E-state index in [0.717, 1.165) is 23.9 Å². The fourth-order valence-corrected chi connectivity index (χ4v) is 3.38. The van der Waals surface area contributed by atoms with Crippen LogP contribution in [0.5, 0.6) is 0 Å². The highest BCUT2D eigenvalue weighted by molar-refractivity contribution is 7.98. The number of aliphatic hydroxyl groups is 1. The summed E-state index contributed by atoms with van der Waals surface area (Å²) in [6, 6.07) is 4.33. The summed E-state index contributed by atoms with van der Waals surface area (Å²) >= 11 is 0.838. The highest BCUT2D eigenvalue weighted by atomic mass is 32.2. The summed E-state index contributed by atoms with van der Waals surface area (Å²) < 4.78 is 54.0. The molecule has 1 nitrogen and oxygen atoms in total.